The van der Waals surface area contributed by atoms with E-state index in [4.69, 9.17) is 21.1 Å². The van der Waals surface area contributed by atoms with E-state index in [-0.39, 0.29) is 5.38 Å². The molecule has 17 heavy (non-hydrogen) atoms. The number of hydrogen-bond acceptors (Lipinski definition) is 2. The van der Waals surface area contributed by atoms with Crippen molar-refractivity contribution in [2.24, 2.45) is 0 Å². The van der Waals surface area contributed by atoms with Gasteiger partial charge in [-0.1, -0.05) is 19.4 Å². The van der Waals surface area contributed by atoms with Crippen LogP contribution in [0.4, 0.5) is 0 Å². The Morgan fingerprint density at radius 2 is 1.71 bits per heavy atom. The van der Waals surface area contributed by atoms with Crippen LogP contribution >= 0.6 is 11.6 Å². The fourth-order valence-corrected chi connectivity index (χ4v) is 2.04. The minimum Gasteiger partial charge on any atom is -0.490 e. The molecule has 0 saturated heterocycles. The summed E-state index contributed by atoms with van der Waals surface area (Å²) in [5.41, 5.74) is 1.10. The van der Waals surface area contributed by atoms with Gasteiger partial charge in [-0.15, -0.1) is 11.6 Å². The average Bonchev–Trinajstić information content (AvgIpc) is 2.32. The lowest BCUT2D eigenvalue weighted by molar-refractivity contribution is 0.287. The Balaban J connectivity index is 2.91. The highest BCUT2D eigenvalue weighted by molar-refractivity contribution is 6.20. The van der Waals surface area contributed by atoms with Crippen molar-refractivity contribution in [1.29, 1.82) is 0 Å². The molecule has 0 aromatic heterocycles. The van der Waals surface area contributed by atoms with E-state index in [0.717, 1.165) is 29.9 Å². The maximum Gasteiger partial charge on any atom is 0.161 e. The molecule has 0 aliphatic heterocycles. The molecule has 1 aromatic rings. The fraction of sp³-hybridized carbons (Fsp3) is 0.571. The van der Waals surface area contributed by atoms with E-state index in [0.29, 0.717) is 13.2 Å². The van der Waals surface area contributed by atoms with Crippen molar-refractivity contribution >= 4 is 11.6 Å². The van der Waals surface area contributed by atoms with Crippen LogP contribution in [0.3, 0.4) is 0 Å². The van der Waals surface area contributed by atoms with Gasteiger partial charge in [-0.3, -0.25) is 0 Å². The summed E-state index contributed by atoms with van der Waals surface area (Å²) in [6.45, 7) is 7.33. The van der Waals surface area contributed by atoms with Gasteiger partial charge in [0.2, 0.25) is 0 Å². The Labute approximate surface area is 109 Å². The molecular weight excluding hydrogens is 236 g/mol. The second-order valence-corrected chi connectivity index (χ2v) is 4.36. The average molecular weight is 257 g/mol. The SMILES string of the molecule is CCCC(Cl)c1ccc(OCC)c(OCC)c1. The summed E-state index contributed by atoms with van der Waals surface area (Å²) in [7, 11) is 0. The Bertz CT molecular complexity index is 339. The van der Waals surface area contributed by atoms with Crippen LogP contribution in [0.5, 0.6) is 11.5 Å². The van der Waals surface area contributed by atoms with Gasteiger partial charge in [0.05, 0.1) is 18.6 Å². The van der Waals surface area contributed by atoms with E-state index in [1.165, 1.54) is 0 Å². The highest BCUT2D eigenvalue weighted by Gasteiger charge is 2.11. The normalized spacial score (nSPS) is 12.2. The molecule has 0 heterocycles. The van der Waals surface area contributed by atoms with E-state index >= 15 is 0 Å². The summed E-state index contributed by atoms with van der Waals surface area (Å²) in [5, 5.41) is 0.0508. The molecule has 0 aliphatic rings. The molecule has 0 radical (unpaired) electrons. The van der Waals surface area contributed by atoms with Crippen LogP contribution in [-0.2, 0) is 0 Å². The number of rotatable bonds is 7. The van der Waals surface area contributed by atoms with Crippen molar-refractivity contribution in [1.82, 2.24) is 0 Å². The summed E-state index contributed by atoms with van der Waals surface area (Å²) in [4.78, 5) is 0. The zero-order chi connectivity index (χ0) is 12.7. The number of ether oxygens (including phenoxy) is 2. The second kappa shape index (κ2) is 7.44. The number of hydrogen-bond donors (Lipinski definition) is 0. The maximum atomic E-state index is 6.31. The van der Waals surface area contributed by atoms with Crippen molar-refractivity contribution in [3.63, 3.8) is 0 Å². The first kappa shape index (κ1) is 14.2. The number of alkyl halides is 1. The highest BCUT2D eigenvalue weighted by atomic mass is 35.5. The van der Waals surface area contributed by atoms with E-state index in [2.05, 4.69) is 6.92 Å². The minimum absolute atomic E-state index is 0.0508. The zero-order valence-corrected chi connectivity index (χ0v) is 11.6. The summed E-state index contributed by atoms with van der Waals surface area (Å²) in [5.74, 6) is 1.58. The fourth-order valence-electron chi connectivity index (χ4n) is 1.68. The second-order valence-electron chi connectivity index (χ2n) is 3.83. The molecule has 1 unspecified atom stereocenters. The van der Waals surface area contributed by atoms with Gasteiger partial charge < -0.3 is 9.47 Å². The van der Waals surface area contributed by atoms with Crippen LogP contribution in [0.15, 0.2) is 18.2 Å². The van der Waals surface area contributed by atoms with Crippen LogP contribution in [-0.4, -0.2) is 13.2 Å². The predicted octanol–water partition coefficient (Wildman–Crippen LogP) is 4.56. The minimum atomic E-state index is 0.0508. The largest absolute Gasteiger partial charge is 0.490 e. The molecule has 2 nitrogen and oxygen atoms in total. The van der Waals surface area contributed by atoms with Gasteiger partial charge in [-0.05, 0) is 38.0 Å². The third kappa shape index (κ3) is 4.12. The lowest BCUT2D eigenvalue weighted by Crippen LogP contribution is -2.00. The Morgan fingerprint density at radius 3 is 2.29 bits per heavy atom. The molecular formula is C14H21ClO2. The first-order chi connectivity index (χ1) is 8.22. The molecule has 96 valence electrons. The molecule has 0 fully saturated rings. The van der Waals surface area contributed by atoms with E-state index in [1.807, 2.05) is 32.0 Å². The third-order valence-electron chi connectivity index (χ3n) is 2.47. The van der Waals surface area contributed by atoms with Crippen LogP contribution in [0.1, 0.15) is 44.6 Å². The zero-order valence-electron chi connectivity index (χ0n) is 10.8. The Hall–Kier alpha value is -0.890. The molecule has 0 saturated carbocycles. The topological polar surface area (TPSA) is 18.5 Å². The van der Waals surface area contributed by atoms with Gasteiger partial charge >= 0.3 is 0 Å². The predicted molar refractivity (Wildman–Crippen MR) is 72.3 cm³/mol. The molecule has 0 bridgehead atoms. The quantitative estimate of drug-likeness (QED) is 0.666. The Morgan fingerprint density at radius 1 is 1.06 bits per heavy atom. The van der Waals surface area contributed by atoms with Gasteiger partial charge in [-0.25, -0.2) is 0 Å². The van der Waals surface area contributed by atoms with E-state index in [9.17, 15) is 0 Å². The summed E-state index contributed by atoms with van der Waals surface area (Å²) in [6, 6.07) is 5.94. The molecule has 0 aliphatic carbocycles. The van der Waals surface area contributed by atoms with Gasteiger partial charge in [0.1, 0.15) is 0 Å². The molecule has 0 N–H and O–H groups in total. The van der Waals surface area contributed by atoms with Crippen LogP contribution in [0.25, 0.3) is 0 Å². The highest BCUT2D eigenvalue weighted by Crippen LogP contribution is 2.34. The molecule has 0 spiro atoms. The van der Waals surface area contributed by atoms with Crippen LogP contribution < -0.4 is 9.47 Å². The third-order valence-corrected chi connectivity index (χ3v) is 2.94. The van der Waals surface area contributed by atoms with E-state index < -0.39 is 0 Å². The molecule has 3 heteroatoms. The first-order valence-corrected chi connectivity index (χ1v) is 6.70. The van der Waals surface area contributed by atoms with Crippen molar-refractivity contribution in [2.45, 2.75) is 39.0 Å². The van der Waals surface area contributed by atoms with E-state index in [1.54, 1.807) is 0 Å². The van der Waals surface area contributed by atoms with Crippen LogP contribution in [0, 0.1) is 0 Å². The Kier molecular flexibility index (Phi) is 6.20. The van der Waals surface area contributed by atoms with Gasteiger partial charge in [-0.2, -0.15) is 0 Å². The van der Waals surface area contributed by atoms with Gasteiger partial charge in [0.15, 0.2) is 11.5 Å². The van der Waals surface area contributed by atoms with Crippen molar-refractivity contribution in [2.75, 3.05) is 13.2 Å². The number of benzene rings is 1. The molecule has 1 atom stereocenters. The monoisotopic (exact) mass is 256 g/mol. The summed E-state index contributed by atoms with van der Waals surface area (Å²) < 4.78 is 11.1. The lowest BCUT2D eigenvalue weighted by atomic mass is 10.1. The molecule has 1 rings (SSSR count). The summed E-state index contributed by atoms with van der Waals surface area (Å²) in [6.07, 6.45) is 2.05. The first-order valence-electron chi connectivity index (χ1n) is 6.26. The van der Waals surface area contributed by atoms with Crippen molar-refractivity contribution in [3.8, 4) is 11.5 Å². The smallest absolute Gasteiger partial charge is 0.161 e. The molecule has 0 amide bonds. The lowest BCUT2D eigenvalue weighted by Gasteiger charge is -2.14. The molecule has 1 aromatic carbocycles. The van der Waals surface area contributed by atoms with Crippen molar-refractivity contribution < 1.29 is 9.47 Å². The van der Waals surface area contributed by atoms with Gasteiger partial charge in [0.25, 0.3) is 0 Å². The van der Waals surface area contributed by atoms with Crippen LogP contribution in [0.2, 0.25) is 0 Å². The van der Waals surface area contributed by atoms with Crippen molar-refractivity contribution in [3.05, 3.63) is 23.8 Å². The summed E-state index contributed by atoms with van der Waals surface area (Å²) >= 11 is 6.31. The maximum absolute atomic E-state index is 6.31. The van der Waals surface area contributed by atoms with Gasteiger partial charge in [0, 0.05) is 0 Å². The standard InChI is InChI=1S/C14H21ClO2/c1-4-7-12(15)11-8-9-13(16-5-2)14(10-11)17-6-3/h8-10,12H,4-7H2,1-3H3. The number of halogens is 1.